The molecule has 0 spiro atoms. The summed E-state index contributed by atoms with van der Waals surface area (Å²) in [5.74, 6) is -1.51. The number of aromatic nitrogens is 1. The molecule has 0 saturated carbocycles. The van der Waals surface area contributed by atoms with Crippen LogP contribution in [0.3, 0.4) is 0 Å². The van der Waals surface area contributed by atoms with Gasteiger partial charge in [0.1, 0.15) is 23.6 Å². The minimum atomic E-state index is -0.954. The molecule has 6 heteroatoms. The standard InChI is InChI=1S/C16H17F3N2O/c1-10(13-7-11(17)3-5-14(13)19)21(2)9-16(22)15-6-4-12(18)8-20-15/h3-8,10,16,22H,9H2,1-2H3/t10-,16-/m0/s1. The number of hydrogen-bond acceptors (Lipinski definition) is 3. The number of nitrogens with zero attached hydrogens (tertiary/aromatic N) is 2. The Hall–Kier alpha value is -1.92. The second-order valence-electron chi connectivity index (χ2n) is 5.20. The van der Waals surface area contributed by atoms with Gasteiger partial charge in [-0.05, 0) is 44.3 Å². The molecule has 2 atom stereocenters. The van der Waals surface area contributed by atoms with Crippen LogP contribution in [0.25, 0.3) is 0 Å². The van der Waals surface area contributed by atoms with Crippen LogP contribution in [0.15, 0.2) is 36.5 Å². The van der Waals surface area contributed by atoms with Crippen LogP contribution < -0.4 is 0 Å². The lowest BCUT2D eigenvalue weighted by Gasteiger charge is -2.27. The molecule has 0 radical (unpaired) electrons. The lowest BCUT2D eigenvalue weighted by atomic mass is 10.1. The first-order chi connectivity index (χ1) is 10.4. The van der Waals surface area contributed by atoms with Crippen molar-refractivity contribution >= 4 is 0 Å². The topological polar surface area (TPSA) is 36.4 Å². The zero-order valence-corrected chi connectivity index (χ0v) is 12.3. The van der Waals surface area contributed by atoms with E-state index in [9.17, 15) is 18.3 Å². The van der Waals surface area contributed by atoms with E-state index in [2.05, 4.69) is 4.98 Å². The van der Waals surface area contributed by atoms with Gasteiger partial charge in [0.2, 0.25) is 0 Å². The third-order valence-electron chi connectivity index (χ3n) is 3.62. The monoisotopic (exact) mass is 310 g/mol. The van der Waals surface area contributed by atoms with Crippen LogP contribution in [-0.2, 0) is 0 Å². The second-order valence-corrected chi connectivity index (χ2v) is 5.20. The molecule has 0 saturated heterocycles. The summed E-state index contributed by atoms with van der Waals surface area (Å²) in [7, 11) is 1.68. The van der Waals surface area contributed by atoms with Crippen molar-refractivity contribution in [3.63, 3.8) is 0 Å². The third-order valence-corrected chi connectivity index (χ3v) is 3.62. The van der Waals surface area contributed by atoms with Gasteiger partial charge in [0.05, 0.1) is 11.9 Å². The highest BCUT2D eigenvalue weighted by Gasteiger charge is 2.20. The predicted octanol–water partition coefficient (Wildman–Crippen LogP) is 3.23. The Morgan fingerprint density at radius 3 is 2.45 bits per heavy atom. The minimum absolute atomic E-state index is 0.149. The van der Waals surface area contributed by atoms with E-state index in [-0.39, 0.29) is 12.1 Å². The smallest absolute Gasteiger partial charge is 0.141 e. The number of likely N-dealkylation sites (N-methyl/N-ethyl adjacent to an activating group) is 1. The fourth-order valence-corrected chi connectivity index (χ4v) is 2.18. The van der Waals surface area contributed by atoms with Gasteiger partial charge in [-0.3, -0.25) is 9.88 Å². The van der Waals surface area contributed by atoms with Gasteiger partial charge in [-0.15, -0.1) is 0 Å². The average Bonchev–Trinajstić information content (AvgIpc) is 2.49. The summed E-state index contributed by atoms with van der Waals surface area (Å²) in [4.78, 5) is 5.48. The molecular weight excluding hydrogens is 293 g/mol. The van der Waals surface area contributed by atoms with Crippen molar-refractivity contribution in [2.45, 2.75) is 19.1 Å². The number of benzene rings is 1. The van der Waals surface area contributed by atoms with Crippen LogP contribution in [0.5, 0.6) is 0 Å². The fourth-order valence-electron chi connectivity index (χ4n) is 2.18. The van der Waals surface area contributed by atoms with Crippen molar-refractivity contribution in [1.29, 1.82) is 0 Å². The SMILES string of the molecule is C[C@@H](c1cc(F)ccc1F)N(C)C[C@H](O)c1ccc(F)cn1. The molecule has 0 amide bonds. The lowest BCUT2D eigenvalue weighted by molar-refractivity contribution is 0.104. The largest absolute Gasteiger partial charge is 0.385 e. The van der Waals surface area contributed by atoms with E-state index in [0.717, 1.165) is 24.4 Å². The molecule has 0 aliphatic rings. The molecule has 1 heterocycles. The Morgan fingerprint density at radius 1 is 1.14 bits per heavy atom. The van der Waals surface area contributed by atoms with Crippen molar-refractivity contribution in [2.24, 2.45) is 0 Å². The Bertz CT molecular complexity index is 634. The van der Waals surface area contributed by atoms with Crippen LogP contribution in [0.2, 0.25) is 0 Å². The number of rotatable bonds is 5. The van der Waals surface area contributed by atoms with Crippen LogP contribution >= 0.6 is 0 Å². The Kier molecular flexibility index (Phi) is 5.15. The van der Waals surface area contributed by atoms with Gasteiger partial charge in [0.15, 0.2) is 0 Å². The molecule has 3 nitrogen and oxygen atoms in total. The van der Waals surface area contributed by atoms with Crippen molar-refractivity contribution in [2.75, 3.05) is 13.6 Å². The molecular formula is C16H17F3N2O. The molecule has 1 aromatic carbocycles. The molecule has 0 fully saturated rings. The molecule has 0 aliphatic heterocycles. The quantitative estimate of drug-likeness (QED) is 0.921. The maximum atomic E-state index is 13.8. The van der Waals surface area contributed by atoms with E-state index < -0.39 is 29.6 Å². The van der Waals surface area contributed by atoms with Gasteiger partial charge in [0.25, 0.3) is 0 Å². The first-order valence-electron chi connectivity index (χ1n) is 6.83. The summed E-state index contributed by atoms with van der Waals surface area (Å²) in [5.41, 5.74) is 0.530. The number of pyridine rings is 1. The van der Waals surface area contributed by atoms with E-state index in [1.807, 2.05) is 0 Å². The second kappa shape index (κ2) is 6.89. The molecule has 118 valence electrons. The van der Waals surface area contributed by atoms with E-state index in [1.54, 1.807) is 18.9 Å². The molecule has 22 heavy (non-hydrogen) atoms. The van der Waals surface area contributed by atoms with Crippen LogP contribution in [0.4, 0.5) is 13.2 Å². The number of aliphatic hydroxyl groups is 1. The maximum absolute atomic E-state index is 13.8. The Balaban J connectivity index is 2.09. The highest BCUT2D eigenvalue weighted by atomic mass is 19.1. The summed E-state index contributed by atoms with van der Waals surface area (Å²) in [6.45, 7) is 1.86. The van der Waals surface area contributed by atoms with Crippen molar-refractivity contribution < 1.29 is 18.3 Å². The number of halogens is 3. The normalized spacial score (nSPS) is 14.1. The van der Waals surface area contributed by atoms with E-state index in [4.69, 9.17) is 0 Å². The molecule has 1 aromatic heterocycles. The molecule has 2 rings (SSSR count). The van der Waals surface area contributed by atoms with Crippen molar-refractivity contribution in [1.82, 2.24) is 9.88 Å². The van der Waals surface area contributed by atoms with E-state index in [1.165, 1.54) is 12.1 Å². The summed E-state index contributed by atoms with van der Waals surface area (Å²) >= 11 is 0. The van der Waals surface area contributed by atoms with Crippen LogP contribution in [-0.4, -0.2) is 28.6 Å². The Labute approximate surface area is 127 Å². The summed E-state index contributed by atoms with van der Waals surface area (Å²) in [6, 6.07) is 5.43. The van der Waals surface area contributed by atoms with Gasteiger partial charge in [-0.2, -0.15) is 0 Å². The maximum Gasteiger partial charge on any atom is 0.141 e. The summed E-state index contributed by atoms with van der Waals surface area (Å²) in [6.07, 6.45) is 0.0680. The van der Waals surface area contributed by atoms with Gasteiger partial charge < -0.3 is 5.11 Å². The van der Waals surface area contributed by atoms with Gasteiger partial charge in [0, 0.05) is 18.2 Å². The summed E-state index contributed by atoms with van der Waals surface area (Å²) in [5, 5.41) is 10.1. The summed E-state index contributed by atoms with van der Waals surface area (Å²) < 4.78 is 39.8. The van der Waals surface area contributed by atoms with Gasteiger partial charge >= 0.3 is 0 Å². The minimum Gasteiger partial charge on any atom is -0.385 e. The molecule has 0 aliphatic carbocycles. The highest BCUT2D eigenvalue weighted by molar-refractivity contribution is 5.22. The lowest BCUT2D eigenvalue weighted by Crippen LogP contribution is -2.28. The van der Waals surface area contributed by atoms with Gasteiger partial charge in [-0.1, -0.05) is 0 Å². The van der Waals surface area contributed by atoms with E-state index in [0.29, 0.717) is 5.69 Å². The number of aliphatic hydroxyl groups excluding tert-OH is 1. The van der Waals surface area contributed by atoms with Gasteiger partial charge in [-0.25, -0.2) is 13.2 Å². The number of hydrogen-bond donors (Lipinski definition) is 1. The zero-order chi connectivity index (χ0) is 16.3. The first-order valence-corrected chi connectivity index (χ1v) is 6.83. The molecule has 0 bridgehead atoms. The average molecular weight is 310 g/mol. The van der Waals surface area contributed by atoms with Crippen LogP contribution in [0, 0.1) is 17.5 Å². The first kappa shape index (κ1) is 16.5. The molecule has 1 N–H and O–H groups in total. The third kappa shape index (κ3) is 3.84. The van der Waals surface area contributed by atoms with Crippen LogP contribution in [0.1, 0.15) is 30.3 Å². The fraction of sp³-hybridized carbons (Fsp3) is 0.312. The molecule has 2 aromatic rings. The van der Waals surface area contributed by atoms with E-state index >= 15 is 0 Å². The zero-order valence-electron chi connectivity index (χ0n) is 12.3. The predicted molar refractivity (Wildman–Crippen MR) is 76.6 cm³/mol. The molecule has 0 unspecified atom stereocenters. The highest BCUT2D eigenvalue weighted by Crippen LogP contribution is 2.24. The van der Waals surface area contributed by atoms with Crippen molar-refractivity contribution in [3.8, 4) is 0 Å². The Morgan fingerprint density at radius 2 is 1.82 bits per heavy atom. The van der Waals surface area contributed by atoms with Crippen molar-refractivity contribution in [3.05, 3.63) is 65.2 Å².